The Bertz CT molecular complexity index is 1840. The Hall–Kier alpha value is -5.14. The number of nitrogens with zero attached hydrogens (tertiary/aromatic N) is 4. The van der Waals surface area contributed by atoms with Crippen LogP contribution in [0.4, 0.5) is 8.78 Å². The summed E-state index contributed by atoms with van der Waals surface area (Å²) in [5, 5.41) is 18.4. The van der Waals surface area contributed by atoms with E-state index in [2.05, 4.69) is 16.0 Å². The van der Waals surface area contributed by atoms with Gasteiger partial charge in [-0.05, 0) is 66.1 Å². The lowest BCUT2D eigenvalue weighted by Crippen LogP contribution is -2.31. The minimum atomic E-state index is -1.06. The lowest BCUT2D eigenvalue weighted by molar-refractivity contribution is -0.0589. The number of benzene rings is 3. The van der Waals surface area contributed by atoms with Gasteiger partial charge in [0.25, 0.3) is 0 Å². The van der Waals surface area contributed by atoms with E-state index in [0.717, 1.165) is 24.1 Å². The average molecular weight is 567 g/mol. The first-order valence-electron chi connectivity index (χ1n) is 13.3. The Kier molecular flexibility index (Phi) is 7.33. The van der Waals surface area contributed by atoms with Crippen molar-refractivity contribution in [1.29, 1.82) is 5.26 Å². The quantitative estimate of drug-likeness (QED) is 0.236. The predicted molar refractivity (Wildman–Crippen MR) is 149 cm³/mol. The fraction of sp³-hybridized carbons (Fsp3) is 0.188. The number of aromatic carboxylic acids is 1. The Morgan fingerprint density at radius 3 is 2.60 bits per heavy atom. The standard InChI is InChI=1S/C32H24F2N4O4/c33-25-15-24(27-2-1-3-31(37-27)42-18-20-6-4-19(16-35)5-7-20)26(34)12-22(25)14-30-36-28-9-8-21(32(39)40)13-29(28)38(30)17-23-10-11-41-23/h1-9,12-13,15,23H,10-11,14,17-18H2,(H,39,40). The van der Waals surface area contributed by atoms with Crippen LogP contribution in [0.3, 0.4) is 0 Å². The highest BCUT2D eigenvalue weighted by Gasteiger charge is 2.23. The van der Waals surface area contributed by atoms with E-state index in [-0.39, 0.29) is 47.4 Å². The monoisotopic (exact) mass is 566 g/mol. The van der Waals surface area contributed by atoms with Crippen LogP contribution in [-0.2, 0) is 24.3 Å². The number of fused-ring (bicyclic) bond motifs is 1. The maximum atomic E-state index is 15.4. The molecule has 1 N–H and O–H groups in total. The van der Waals surface area contributed by atoms with Gasteiger partial charge in [0.15, 0.2) is 0 Å². The molecule has 1 fully saturated rings. The number of pyridine rings is 1. The van der Waals surface area contributed by atoms with Crippen LogP contribution in [0.2, 0.25) is 0 Å². The molecular formula is C32H24F2N4O4. The van der Waals surface area contributed by atoms with Crippen LogP contribution in [0, 0.1) is 23.0 Å². The number of carbonyl (C=O) groups is 1. The molecule has 0 aliphatic carbocycles. The van der Waals surface area contributed by atoms with Gasteiger partial charge in [-0.25, -0.2) is 23.5 Å². The number of ether oxygens (including phenoxy) is 2. The fourth-order valence-electron chi connectivity index (χ4n) is 4.84. The molecule has 0 bridgehead atoms. The molecule has 3 aromatic carbocycles. The normalized spacial score (nSPS) is 14.4. The highest BCUT2D eigenvalue weighted by atomic mass is 19.1. The van der Waals surface area contributed by atoms with Crippen molar-refractivity contribution in [2.24, 2.45) is 0 Å². The number of hydrogen-bond donors (Lipinski definition) is 1. The van der Waals surface area contributed by atoms with Crippen molar-refractivity contribution >= 4 is 17.0 Å². The van der Waals surface area contributed by atoms with Crippen LogP contribution in [-0.4, -0.2) is 38.3 Å². The fourth-order valence-corrected chi connectivity index (χ4v) is 4.84. The first kappa shape index (κ1) is 27.1. The Morgan fingerprint density at radius 1 is 1.07 bits per heavy atom. The molecule has 3 heterocycles. The molecular weight excluding hydrogens is 542 g/mol. The van der Waals surface area contributed by atoms with Crippen molar-refractivity contribution in [2.45, 2.75) is 32.1 Å². The number of carboxylic acid groups (broad SMARTS) is 1. The molecule has 6 rings (SSSR count). The number of carboxylic acids is 1. The van der Waals surface area contributed by atoms with Crippen molar-refractivity contribution in [3.8, 4) is 23.2 Å². The Morgan fingerprint density at radius 2 is 1.88 bits per heavy atom. The molecule has 10 heteroatoms. The van der Waals surface area contributed by atoms with E-state index in [0.29, 0.717) is 35.6 Å². The van der Waals surface area contributed by atoms with Gasteiger partial charge in [0.05, 0.1) is 46.6 Å². The molecule has 1 aliphatic rings. The van der Waals surface area contributed by atoms with E-state index in [1.54, 1.807) is 48.5 Å². The molecule has 0 amide bonds. The first-order valence-corrected chi connectivity index (χ1v) is 13.3. The predicted octanol–water partition coefficient (Wildman–Crippen LogP) is 5.91. The molecule has 0 spiro atoms. The van der Waals surface area contributed by atoms with Crippen LogP contribution in [0.25, 0.3) is 22.3 Å². The number of imidazole rings is 1. The van der Waals surface area contributed by atoms with Crippen molar-refractivity contribution in [3.63, 3.8) is 0 Å². The summed E-state index contributed by atoms with van der Waals surface area (Å²) in [6.07, 6.45) is 0.781. The number of nitriles is 1. The SMILES string of the molecule is N#Cc1ccc(COc2cccc(-c3cc(F)c(Cc4nc5ccc(C(=O)O)cc5n4CC4CCO4)cc3F)n2)cc1. The first-order chi connectivity index (χ1) is 20.4. The molecule has 2 aromatic heterocycles. The molecule has 1 unspecified atom stereocenters. The third-order valence-electron chi connectivity index (χ3n) is 7.21. The lowest BCUT2D eigenvalue weighted by atomic mass is 10.0. The zero-order chi connectivity index (χ0) is 29.2. The molecule has 1 aliphatic heterocycles. The molecule has 210 valence electrons. The van der Waals surface area contributed by atoms with Crippen LogP contribution in [0.5, 0.6) is 5.88 Å². The van der Waals surface area contributed by atoms with E-state index in [9.17, 15) is 9.90 Å². The van der Waals surface area contributed by atoms with Crippen molar-refractivity contribution in [3.05, 3.63) is 113 Å². The topological polar surface area (TPSA) is 110 Å². The summed E-state index contributed by atoms with van der Waals surface area (Å²) in [5.74, 6) is -1.62. The van der Waals surface area contributed by atoms with Crippen LogP contribution >= 0.6 is 0 Å². The summed E-state index contributed by atoms with van der Waals surface area (Å²) in [5.41, 5.74) is 2.95. The Balaban J connectivity index is 1.26. The van der Waals surface area contributed by atoms with Crippen LogP contribution in [0.1, 0.15) is 39.3 Å². The second kappa shape index (κ2) is 11.4. The average Bonchev–Trinajstić information content (AvgIpc) is 3.31. The third-order valence-corrected chi connectivity index (χ3v) is 7.21. The zero-order valence-corrected chi connectivity index (χ0v) is 22.3. The van der Waals surface area contributed by atoms with E-state index in [1.807, 2.05) is 4.57 Å². The van der Waals surface area contributed by atoms with Gasteiger partial charge in [-0.3, -0.25) is 0 Å². The van der Waals surface area contributed by atoms with Crippen molar-refractivity contribution < 1.29 is 28.2 Å². The minimum Gasteiger partial charge on any atom is -0.478 e. The highest BCUT2D eigenvalue weighted by molar-refractivity contribution is 5.92. The summed E-state index contributed by atoms with van der Waals surface area (Å²) in [6, 6.07) is 20.7. The summed E-state index contributed by atoms with van der Waals surface area (Å²) < 4.78 is 44.0. The smallest absolute Gasteiger partial charge is 0.335 e. The number of hydrogen-bond acceptors (Lipinski definition) is 6. The second-order valence-corrected chi connectivity index (χ2v) is 9.99. The van der Waals surface area contributed by atoms with E-state index in [1.165, 1.54) is 12.1 Å². The van der Waals surface area contributed by atoms with Gasteiger partial charge < -0.3 is 19.1 Å². The third kappa shape index (κ3) is 5.55. The van der Waals surface area contributed by atoms with E-state index in [4.69, 9.17) is 14.7 Å². The maximum absolute atomic E-state index is 15.4. The molecule has 0 radical (unpaired) electrons. The molecule has 1 saturated heterocycles. The van der Waals surface area contributed by atoms with Crippen LogP contribution in [0.15, 0.2) is 72.8 Å². The largest absolute Gasteiger partial charge is 0.478 e. The summed E-state index contributed by atoms with van der Waals surface area (Å²) in [7, 11) is 0. The number of halogens is 2. The van der Waals surface area contributed by atoms with Gasteiger partial charge >= 0.3 is 5.97 Å². The summed E-state index contributed by atoms with van der Waals surface area (Å²) in [4.78, 5) is 20.5. The summed E-state index contributed by atoms with van der Waals surface area (Å²) >= 11 is 0. The number of aromatic nitrogens is 3. The highest BCUT2D eigenvalue weighted by Crippen LogP contribution is 2.29. The van der Waals surface area contributed by atoms with Gasteiger partial charge in [0, 0.05) is 24.7 Å². The molecule has 42 heavy (non-hydrogen) atoms. The van der Waals surface area contributed by atoms with Gasteiger partial charge in [-0.2, -0.15) is 5.26 Å². The van der Waals surface area contributed by atoms with Gasteiger partial charge in [-0.1, -0.05) is 18.2 Å². The minimum absolute atomic E-state index is 0.00594. The second-order valence-electron chi connectivity index (χ2n) is 9.99. The lowest BCUT2D eigenvalue weighted by Gasteiger charge is -2.27. The van der Waals surface area contributed by atoms with Gasteiger partial charge in [0.1, 0.15) is 24.1 Å². The van der Waals surface area contributed by atoms with Gasteiger partial charge in [-0.15, -0.1) is 0 Å². The van der Waals surface area contributed by atoms with Crippen molar-refractivity contribution in [1.82, 2.24) is 14.5 Å². The van der Waals surface area contributed by atoms with E-state index < -0.39 is 17.6 Å². The molecule has 0 saturated carbocycles. The molecule has 1 atom stereocenters. The van der Waals surface area contributed by atoms with Crippen LogP contribution < -0.4 is 4.74 Å². The maximum Gasteiger partial charge on any atom is 0.335 e. The molecule has 5 aromatic rings. The van der Waals surface area contributed by atoms with Gasteiger partial charge in [0.2, 0.25) is 5.88 Å². The van der Waals surface area contributed by atoms with Crippen molar-refractivity contribution in [2.75, 3.05) is 6.61 Å². The number of rotatable bonds is 9. The summed E-state index contributed by atoms with van der Waals surface area (Å²) in [6.45, 7) is 1.26. The zero-order valence-electron chi connectivity index (χ0n) is 22.3. The Labute approximate surface area is 239 Å². The molecule has 8 nitrogen and oxygen atoms in total. The van der Waals surface area contributed by atoms with E-state index >= 15 is 8.78 Å².